The Balaban J connectivity index is 2.41. The van der Waals surface area contributed by atoms with E-state index in [1.165, 1.54) is 6.07 Å². The molecule has 0 saturated heterocycles. The lowest BCUT2D eigenvalue weighted by Crippen LogP contribution is -2.24. The number of carbonyl (C=O) groups is 2. The van der Waals surface area contributed by atoms with Crippen LogP contribution >= 0.6 is 34.5 Å². The number of hydrogen-bond acceptors (Lipinski definition) is 3. The van der Waals surface area contributed by atoms with Crippen molar-refractivity contribution in [2.45, 2.75) is 12.8 Å². The van der Waals surface area contributed by atoms with Crippen molar-refractivity contribution in [1.82, 2.24) is 5.32 Å². The molecule has 0 unspecified atom stereocenters. The predicted molar refractivity (Wildman–Crippen MR) is 63.5 cm³/mol. The van der Waals surface area contributed by atoms with Gasteiger partial charge in [-0.15, -0.1) is 11.3 Å². The van der Waals surface area contributed by atoms with E-state index >= 15 is 0 Å². The van der Waals surface area contributed by atoms with Crippen LogP contribution in [0.1, 0.15) is 23.2 Å². The van der Waals surface area contributed by atoms with Gasteiger partial charge in [-0.25, -0.2) is 0 Å². The van der Waals surface area contributed by atoms with Gasteiger partial charge in [0.25, 0.3) is 5.91 Å². The van der Waals surface area contributed by atoms with E-state index in [2.05, 4.69) is 5.32 Å². The maximum atomic E-state index is 11.5. The van der Waals surface area contributed by atoms with E-state index in [0.717, 1.165) is 11.3 Å². The molecule has 4 nitrogen and oxygen atoms in total. The maximum absolute atomic E-state index is 11.5. The fourth-order valence-corrected chi connectivity index (χ4v) is 2.49. The number of aliphatic carboxylic acids is 1. The summed E-state index contributed by atoms with van der Waals surface area (Å²) in [6.07, 6.45) is 0.412. The lowest BCUT2D eigenvalue weighted by molar-refractivity contribution is -0.137. The Morgan fingerprint density at radius 2 is 2.12 bits per heavy atom. The van der Waals surface area contributed by atoms with Crippen molar-refractivity contribution in [3.05, 3.63) is 20.3 Å². The molecule has 0 fully saturated rings. The van der Waals surface area contributed by atoms with Gasteiger partial charge in [0.2, 0.25) is 0 Å². The molecule has 0 aromatic carbocycles. The Labute approximate surface area is 106 Å². The van der Waals surface area contributed by atoms with Crippen LogP contribution in [0.25, 0.3) is 0 Å². The molecule has 1 aromatic rings. The highest BCUT2D eigenvalue weighted by Crippen LogP contribution is 2.30. The number of carboxylic acid groups (broad SMARTS) is 1. The zero-order valence-corrected chi connectivity index (χ0v) is 10.5. The number of amides is 1. The molecule has 0 saturated carbocycles. The zero-order valence-electron chi connectivity index (χ0n) is 8.13. The molecule has 1 aromatic heterocycles. The van der Waals surface area contributed by atoms with Gasteiger partial charge >= 0.3 is 5.97 Å². The number of thiophene rings is 1. The molecule has 0 radical (unpaired) electrons. The number of carboxylic acids is 1. The third-order valence-electron chi connectivity index (χ3n) is 1.75. The molecule has 16 heavy (non-hydrogen) atoms. The van der Waals surface area contributed by atoms with E-state index in [-0.39, 0.29) is 12.3 Å². The van der Waals surface area contributed by atoms with Crippen LogP contribution in [-0.2, 0) is 4.79 Å². The lowest BCUT2D eigenvalue weighted by atomic mass is 10.3. The van der Waals surface area contributed by atoms with Crippen LogP contribution < -0.4 is 5.32 Å². The topological polar surface area (TPSA) is 66.4 Å². The molecule has 1 rings (SSSR count). The first-order valence-corrected chi connectivity index (χ1v) is 6.02. The first-order chi connectivity index (χ1) is 7.50. The fraction of sp³-hybridized carbons (Fsp3) is 0.333. The summed E-state index contributed by atoms with van der Waals surface area (Å²) < 4.78 is 0.779. The first kappa shape index (κ1) is 13.3. The third kappa shape index (κ3) is 4.00. The van der Waals surface area contributed by atoms with Crippen LogP contribution in [-0.4, -0.2) is 23.5 Å². The van der Waals surface area contributed by atoms with Crippen molar-refractivity contribution >= 4 is 46.4 Å². The Bertz CT molecular complexity index is 405. The molecular weight excluding hydrogens is 273 g/mol. The standard InChI is InChI=1S/C9H9Cl2NO3S/c10-6-4-5(8(11)16-6)9(15)12-3-1-2-7(13)14/h4H,1-3H2,(H,12,15)(H,13,14). The molecule has 88 valence electrons. The number of carbonyl (C=O) groups excluding carboxylic acids is 1. The Morgan fingerprint density at radius 1 is 1.44 bits per heavy atom. The summed E-state index contributed by atoms with van der Waals surface area (Å²) in [6.45, 7) is 0.301. The summed E-state index contributed by atoms with van der Waals surface area (Å²) in [4.78, 5) is 21.8. The molecule has 7 heteroatoms. The average Bonchev–Trinajstić information content (AvgIpc) is 2.52. The van der Waals surface area contributed by atoms with Gasteiger partial charge < -0.3 is 10.4 Å². The van der Waals surface area contributed by atoms with Gasteiger partial charge in [0.05, 0.1) is 9.90 Å². The van der Waals surface area contributed by atoms with E-state index in [1.807, 2.05) is 0 Å². The van der Waals surface area contributed by atoms with Crippen molar-refractivity contribution in [2.75, 3.05) is 6.54 Å². The average molecular weight is 282 g/mol. The van der Waals surface area contributed by atoms with Gasteiger partial charge in [0.1, 0.15) is 4.34 Å². The lowest BCUT2D eigenvalue weighted by Gasteiger charge is -2.02. The van der Waals surface area contributed by atoms with Crippen LogP contribution in [0.3, 0.4) is 0 Å². The van der Waals surface area contributed by atoms with Crippen molar-refractivity contribution in [1.29, 1.82) is 0 Å². The van der Waals surface area contributed by atoms with Gasteiger partial charge in [-0.2, -0.15) is 0 Å². The van der Waals surface area contributed by atoms with Crippen molar-refractivity contribution in [3.8, 4) is 0 Å². The highest BCUT2D eigenvalue weighted by atomic mass is 35.5. The van der Waals surface area contributed by atoms with Crippen molar-refractivity contribution in [2.24, 2.45) is 0 Å². The van der Waals surface area contributed by atoms with E-state index in [4.69, 9.17) is 28.3 Å². The smallest absolute Gasteiger partial charge is 0.303 e. The molecule has 1 amide bonds. The minimum Gasteiger partial charge on any atom is -0.481 e. The molecule has 0 aliphatic heterocycles. The van der Waals surface area contributed by atoms with Crippen LogP contribution in [0, 0.1) is 0 Å². The zero-order chi connectivity index (χ0) is 12.1. The van der Waals surface area contributed by atoms with Crippen LogP contribution in [0.2, 0.25) is 8.67 Å². The summed E-state index contributed by atoms with van der Waals surface area (Å²) in [5, 5.41) is 11.0. The Kier molecular flexibility index (Phi) is 5.05. The summed E-state index contributed by atoms with van der Waals surface area (Å²) in [5.74, 6) is -1.22. The molecule has 0 spiro atoms. The fourth-order valence-electron chi connectivity index (χ4n) is 1.03. The molecule has 0 atom stereocenters. The highest BCUT2D eigenvalue weighted by Gasteiger charge is 2.13. The summed E-state index contributed by atoms with van der Waals surface area (Å²) in [6, 6.07) is 1.49. The molecular formula is C9H9Cl2NO3S. The molecule has 0 bridgehead atoms. The molecule has 0 aliphatic rings. The quantitative estimate of drug-likeness (QED) is 0.816. The van der Waals surface area contributed by atoms with Crippen molar-refractivity contribution in [3.63, 3.8) is 0 Å². The van der Waals surface area contributed by atoms with E-state index < -0.39 is 5.97 Å². The number of rotatable bonds is 5. The molecule has 1 heterocycles. The molecule has 0 aliphatic carbocycles. The van der Waals surface area contributed by atoms with Gasteiger partial charge in [0.15, 0.2) is 0 Å². The normalized spacial score (nSPS) is 10.1. The second-order valence-electron chi connectivity index (χ2n) is 2.99. The molecule has 2 N–H and O–H groups in total. The number of halogens is 2. The largest absolute Gasteiger partial charge is 0.481 e. The van der Waals surface area contributed by atoms with Crippen LogP contribution in [0.15, 0.2) is 6.07 Å². The van der Waals surface area contributed by atoms with Gasteiger partial charge in [0, 0.05) is 13.0 Å². The Morgan fingerprint density at radius 3 is 2.62 bits per heavy atom. The van der Waals surface area contributed by atoms with E-state index in [0.29, 0.717) is 27.2 Å². The second-order valence-corrected chi connectivity index (χ2v) is 5.28. The monoisotopic (exact) mass is 281 g/mol. The van der Waals surface area contributed by atoms with Gasteiger partial charge in [-0.05, 0) is 12.5 Å². The first-order valence-electron chi connectivity index (χ1n) is 4.45. The predicted octanol–water partition coefficient (Wildman–Crippen LogP) is 2.65. The minimum absolute atomic E-state index is 0.0262. The number of hydrogen-bond donors (Lipinski definition) is 2. The second kappa shape index (κ2) is 6.08. The Hall–Kier alpha value is -0.780. The van der Waals surface area contributed by atoms with Crippen molar-refractivity contribution < 1.29 is 14.7 Å². The highest BCUT2D eigenvalue weighted by molar-refractivity contribution is 7.20. The van der Waals surface area contributed by atoms with E-state index in [1.54, 1.807) is 0 Å². The van der Waals surface area contributed by atoms with Gasteiger partial charge in [-0.3, -0.25) is 9.59 Å². The third-order valence-corrected chi connectivity index (χ3v) is 3.24. The summed E-state index contributed by atoms with van der Waals surface area (Å²) in [5.41, 5.74) is 0.326. The summed E-state index contributed by atoms with van der Waals surface area (Å²) in [7, 11) is 0. The maximum Gasteiger partial charge on any atom is 0.303 e. The minimum atomic E-state index is -0.883. The van der Waals surface area contributed by atoms with Gasteiger partial charge in [-0.1, -0.05) is 23.2 Å². The van der Waals surface area contributed by atoms with Crippen LogP contribution in [0.5, 0.6) is 0 Å². The SMILES string of the molecule is O=C(O)CCCNC(=O)c1cc(Cl)sc1Cl. The van der Waals surface area contributed by atoms with E-state index in [9.17, 15) is 9.59 Å². The summed E-state index contributed by atoms with van der Waals surface area (Å²) >= 11 is 12.6. The number of nitrogens with one attached hydrogen (secondary N) is 1. The van der Waals surface area contributed by atoms with Crippen LogP contribution in [0.4, 0.5) is 0 Å².